The zero-order chi connectivity index (χ0) is 11.0. The number of aromatic nitrogens is 2. The highest BCUT2D eigenvalue weighted by atomic mass is 15.0. The van der Waals surface area contributed by atoms with Gasteiger partial charge in [-0.25, -0.2) is 4.98 Å². The molecule has 1 unspecified atom stereocenters. The number of rotatable bonds is 1. The molecule has 1 fully saturated rings. The van der Waals surface area contributed by atoms with Crippen LogP contribution in [0.15, 0.2) is 24.4 Å². The third-order valence-electron chi connectivity index (χ3n) is 3.47. The molecule has 1 aliphatic heterocycles. The van der Waals surface area contributed by atoms with Gasteiger partial charge in [-0.05, 0) is 38.4 Å². The standard InChI is InChI=1S/C13H17N3/c1-10-4-2-6-13-15-9-12(16(10)13)11-5-3-7-14-8-11/h2,4,6,9,11,14H,3,5,7-8H2,1H3. The van der Waals surface area contributed by atoms with Gasteiger partial charge in [0.25, 0.3) is 0 Å². The number of pyridine rings is 1. The van der Waals surface area contributed by atoms with Gasteiger partial charge in [-0.1, -0.05) is 6.07 Å². The Hall–Kier alpha value is -1.35. The number of hydrogen-bond acceptors (Lipinski definition) is 2. The fraction of sp³-hybridized carbons (Fsp3) is 0.462. The molecular formula is C13H17N3. The van der Waals surface area contributed by atoms with Gasteiger partial charge in [-0.15, -0.1) is 0 Å². The van der Waals surface area contributed by atoms with Crippen molar-refractivity contribution in [1.29, 1.82) is 0 Å². The molecule has 0 amide bonds. The Morgan fingerprint density at radius 3 is 3.19 bits per heavy atom. The molecule has 1 N–H and O–H groups in total. The Morgan fingerprint density at radius 2 is 2.38 bits per heavy atom. The van der Waals surface area contributed by atoms with Crippen LogP contribution in [0.5, 0.6) is 0 Å². The fourth-order valence-corrected chi connectivity index (χ4v) is 2.62. The van der Waals surface area contributed by atoms with Crippen LogP contribution in [0.1, 0.15) is 30.1 Å². The summed E-state index contributed by atoms with van der Waals surface area (Å²) in [6.07, 6.45) is 4.58. The lowest BCUT2D eigenvalue weighted by Gasteiger charge is -2.22. The molecule has 3 heteroatoms. The van der Waals surface area contributed by atoms with E-state index in [2.05, 4.69) is 39.8 Å². The van der Waals surface area contributed by atoms with Gasteiger partial charge in [0.15, 0.2) is 0 Å². The lowest BCUT2D eigenvalue weighted by Crippen LogP contribution is -2.29. The van der Waals surface area contributed by atoms with Gasteiger partial charge >= 0.3 is 0 Å². The number of nitrogens with one attached hydrogen (secondary N) is 1. The van der Waals surface area contributed by atoms with Crippen molar-refractivity contribution in [2.45, 2.75) is 25.7 Å². The zero-order valence-corrected chi connectivity index (χ0v) is 9.61. The second-order valence-electron chi connectivity index (χ2n) is 4.59. The molecule has 1 saturated heterocycles. The molecule has 0 aliphatic carbocycles. The molecule has 2 aromatic rings. The molecule has 3 nitrogen and oxygen atoms in total. The molecule has 0 spiro atoms. The molecule has 0 bridgehead atoms. The lowest BCUT2D eigenvalue weighted by atomic mass is 9.96. The first-order valence-corrected chi connectivity index (χ1v) is 6.00. The molecule has 84 valence electrons. The normalized spacial score (nSPS) is 21.4. The number of nitrogens with zero attached hydrogens (tertiary/aromatic N) is 2. The first kappa shape index (κ1) is 9.85. The van der Waals surface area contributed by atoms with Crippen LogP contribution in [-0.2, 0) is 0 Å². The second-order valence-corrected chi connectivity index (χ2v) is 4.59. The highest BCUT2D eigenvalue weighted by Gasteiger charge is 2.19. The minimum Gasteiger partial charge on any atom is -0.316 e. The van der Waals surface area contributed by atoms with Crippen molar-refractivity contribution >= 4 is 5.65 Å². The van der Waals surface area contributed by atoms with Crippen molar-refractivity contribution in [3.05, 3.63) is 35.8 Å². The minimum absolute atomic E-state index is 0.616. The van der Waals surface area contributed by atoms with Crippen LogP contribution in [0, 0.1) is 6.92 Å². The summed E-state index contributed by atoms with van der Waals surface area (Å²) < 4.78 is 2.29. The van der Waals surface area contributed by atoms with Gasteiger partial charge in [0.05, 0.1) is 0 Å². The monoisotopic (exact) mass is 215 g/mol. The number of fused-ring (bicyclic) bond motifs is 1. The van der Waals surface area contributed by atoms with E-state index in [1.807, 2.05) is 6.20 Å². The summed E-state index contributed by atoms with van der Waals surface area (Å²) >= 11 is 0. The predicted molar refractivity (Wildman–Crippen MR) is 64.8 cm³/mol. The van der Waals surface area contributed by atoms with Crippen LogP contribution in [0.3, 0.4) is 0 Å². The molecular weight excluding hydrogens is 198 g/mol. The highest BCUT2D eigenvalue weighted by molar-refractivity contribution is 5.43. The fourth-order valence-electron chi connectivity index (χ4n) is 2.62. The SMILES string of the molecule is Cc1cccc2ncc(C3CCCNC3)n12. The first-order chi connectivity index (χ1) is 7.86. The quantitative estimate of drug-likeness (QED) is 0.789. The van der Waals surface area contributed by atoms with Gasteiger partial charge in [0, 0.05) is 30.0 Å². The van der Waals surface area contributed by atoms with Gasteiger partial charge in [-0.2, -0.15) is 0 Å². The number of piperidine rings is 1. The molecule has 3 rings (SSSR count). The van der Waals surface area contributed by atoms with E-state index >= 15 is 0 Å². The van der Waals surface area contributed by atoms with Crippen molar-refractivity contribution in [3.8, 4) is 0 Å². The third-order valence-corrected chi connectivity index (χ3v) is 3.47. The first-order valence-electron chi connectivity index (χ1n) is 6.00. The Bertz CT molecular complexity index is 495. The molecule has 0 aromatic carbocycles. The summed E-state index contributed by atoms with van der Waals surface area (Å²) in [5.41, 5.74) is 3.71. The minimum atomic E-state index is 0.616. The van der Waals surface area contributed by atoms with Crippen molar-refractivity contribution in [2.75, 3.05) is 13.1 Å². The van der Waals surface area contributed by atoms with Gasteiger partial charge < -0.3 is 9.72 Å². The Kier molecular flexibility index (Phi) is 2.40. The van der Waals surface area contributed by atoms with Crippen molar-refractivity contribution in [2.24, 2.45) is 0 Å². The van der Waals surface area contributed by atoms with E-state index in [9.17, 15) is 0 Å². The molecule has 16 heavy (non-hydrogen) atoms. The summed E-state index contributed by atoms with van der Waals surface area (Å²) in [5, 5.41) is 3.47. The lowest BCUT2D eigenvalue weighted by molar-refractivity contribution is 0.452. The average molecular weight is 215 g/mol. The zero-order valence-electron chi connectivity index (χ0n) is 9.61. The topological polar surface area (TPSA) is 29.3 Å². The van der Waals surface area contributed by atoms with Crippen LogP contribution in [0.25, 0.3) is 5.65 Å². The van der Waals surface area contributed by atoms with E-state index in [1.54, 1.807) is 0 Å². The summed E-state index contributed by atoms with van der Waals surface area (Å²) in [7, 11) is 0. The third kappa shape index (κ3) is 1.52. The Morgan fingerprint density at radius 1 is 1.44 bits per heavy atom. The number of imidazole rings is 1. The summed E-state index contributed by atoms with van der Waals surface area (Å²) in [4.78, 5) is 4.49. The summed E-state index contributed by atoms with van der Waals surface area (Å²) in [6.45, 7) is 4.39. The van der Waals surface area contributed by atoms with Crippen LogP contribution in [-0.4, -0.2) is 22.5 Å². The van der Waals surface area contributed by atoms with E-state index in [0.717, 1.165) is 18.7 Å². The molecule has 1 atom stereocenters. The van der Waals surface area contributed by atoms with E-state index < -0.39 is 0 Å². The summed E-state index contributed by atoms with van der Waals surface area (Å²) in [6, 6.07) is 6.29. The van der Waals surface area contributed by atoms with E-state index in [1.165, 1.54) is 24.2 Å². The predicted octanol–water partition coefficient (Wildman–Crippen LogP) is 2.11. The number of aryl methyl sites for hydroxylation is 1. The van der Waals surface area contributed by atoms with Gasteiger partial charge in [-0.3, -0.25) is 0 Å². The summed E-state index contributed by atoms with van der Waals surface area (Å²) in [5.74, 6) is 0.616. The van der Waals surface area contributed by atoms with Crippen LogP contribution in [0.2, 0.25) is 0 Å². The van der Waals surface area contributed by atoms with E-state index in [-0.39, 0.29) is 0 Å². The molecule has 2 aromatic heterocycles. The highest BCUT2D eigenvalue weighted by Crippen LogP contribution is 2.24. The van der Waals surface area contributed by atoms with Crippen LogP contribution in [0.4, 0.5) is 0 Å². The maximum Gasteiger partial charge on any atom is 0.137 e. The largest absolute Gasteiger partial charge is 0.316 e. The second kappa shape index (κ2) is 3.91. The maximum atomic E-state index is 4.49. The Labute approximate surface area is 95.5 Å². The molecule has 3 heterocycles. The average Bonchev–Trinajstić information content (AvgIpc) is 2.75. The van der Waals surface area contributed by atoms with E-state index in [0.29, 0.717) is 5.92 Å². The van der Waals surface area contributed by atoms with Gasteiger partial charge in [0.1, 0.15) is 5.65 Å². The number of hydrogen-bond donors (Lipinski definition) is 1. The van der Waals surface area contributed by atoms with Crippen molar-refractivity contribution in [3.63, 3.8) is 0 Å². The molecule has 0 radical (unpaired) electrons. The van der Waals surface area contributed by atoms with Crippen molar-refractivity contribution in [1.82, 2.24) is 14.7 Å². The molecule has 0 saturated carbocycles. The Balaban J connectivity index is 2.09. The smallest absolute Gasteiger partial charge is 0.137 e. The van der Waals surface area contributed by atoms with Crippen molar-refractivity contribution < 1.29 is 0 Å². The van der Waals surface area contributed by atoms with Crippen LogP contribution >= 0.6 is 0 Å². The van der Waals surface area contributed by atoms with E-state index in [4.69, 9.17) is 0 Å². The molecule has 1 aliphatic rings. The van der Waals surface area contributed by atoms with Crippen LogP contribution < -0.4 is 5.32 Å². The maximum absolute atomic E-state index is 4.49. The van der Waals surface area contributed by atoms with Gasteiger partial charge in [0.2, 0.25) is 0 Å².